The first-order valence-corrected chi connectivity index (χ1v) is 3.53. The fourth-order valence-corrected chi connectivity index (χ4v) is 0.741. The number of oxazole rings is 1. The average Bonchev–Trinajstić information content (AvgIpc) is 2.47. The van der Waals surface area contributed by atoms with Crippen LogP contribution >= 0.6 is 0 Å². The molecule has 0 aliphatic rings. The van der Waals surface area contributed by atoms with Gasteiger partial charge in [0.15, 0.2) is 6.39 Å². The van der Waals surface area contributed by atoms with Gasteiger partial charge >= 0.3 is 0 Å². The van der Waals surface area contributed by atoms with E-state index in [9.17, 15) is 4.79 Å². The molecule has 0 atom stereocenters. The number of hydrogen-bond donors (Lipinski definition) is 1. The summed E-state index contributed by atoms with van der Waals surface area (Å²) in [4.78, 5) is 14.6. The molecule has 0 bridgehead atoms. The van der Waals surface area contributed by atoms with Crippen LogP contribution in [0.4, 0.5) is 0 Å². The van der Waals surface area contributed by atoms with Crippen LogP contribution in [0.3, 0.4) is 0 Å². The van der Waals surface area contributed by atoms with Gasteiger partial charge in [-0.1, -0.05) is 6.58 Å². The molecular weight excluding hydrogens is 156 g/mol. The Hall–Kier alpha value is -1.58. The molecule has 0 saturated carbocycles. The Morgan fingerprint density at radius 1 is 1.92 bits per heavy atom. The Kier molecular flexibility index (Phi) is 2.63. The summed E-state index contributed by atoms with van der Waals surface area (Å²) >= 11 is 0. The normalized spacial score (nSPS) is 9.42. The minimum atomic E-state index is -0.211. The third kappa shape index (κ3) is 1.95. The van der Waals surface area contributed by atoms with Gasteiger partial charge in [-0.25, -0.2) is 4.98 Å². The number of nitrogens with zero attached hydrogens (tertiary/aromatic N) is 1. The lowest BCUT2D eigenvalue weighted by atomic mass is 10.3. The second kappa shape index (κ2) is 3.71. The molecule has 0 radical (unpaired) electrons. The van der Waals surface area contributed by atoms with Crippen molar-refractivity contribution < 1.29 is 9.21 Å². The molecule has 4 nitrogen and oxygen atoms in total. The molecule has 0 saturated heterocycles. The zero-order valence-corrected chi connectivity index (χ0v) is 6.83. The maximum absolute atomic E-state index is 10.7. The minimum Gasteiger partial charge on any atom is -0.448 e. The second-order valence-corrected chi connectivity index (χ2v) is 2.28. The molecule has 1 aromatic rings. The van der Waals surface area contributed by atoms with E-state index >= 15 is 0 Å². The highest BCUT2D eigenvalue weighted by molar-refractivity contribution is 5.86. The highest BCUT2D eigenvalue weighted by Gasteiger charge is 2.02. The van der Waals surface area contributed by atoms with E-state index in [4.69, 9.17) is 4.42 Å². The van der Waals surface area contributed by atoms with Gasteiger partial charge in [0.1, 0.15) is 11.5 Å². The molecule has 0 spiro atoms. The Balaban J connectivity index is 2.48. The van der Waals surface area contributed by atoms with Gasteiger partial charge in [-0.15, -0.1) is 0 Å². The van der Waals surface area contributed by atoms with Gasteiger partial charge in [-0.05, 0) is 13.0 Å². The molecule has 4 heteroatoms. The first kappa shape index (κ1) is 8.52. The predicted molar refractivity (Wildman–Crippen MR) is 43.3 cm³/mol. The van der Waals surface area contributed by atoms with Crippen LogP contribution in [-0.4, -0.2) is 10.9 Å². The van der Waals surface area contributed by atoms with Gasteiger partial charge in [0.25, 0.3) is 0 Å². The largest absolute Gasteiger partial charge is 0.448 e. The average molecular weight is 166 g/mol. The molecule has 1 heterocycles. The summed E-state index contributed by atoms with van der Waals surface area (Å²) in [6.45, 7) is 5.50. The van der Waals surface area contributed by atoms with Gasteiger partial charge in [0.2, 0.25) is 5.91 Å². The van der Waals surface area contributed by atoms with Gasteiger partial charge in [0, 0.05) is 0 Å². The van der Waals surface area contributed by atoms with Crippen LogP contribution in [0.1, 0.15) is 11.5 Å². The van der Waals surface area contributed by atoms with Crippen molar-refractivity contribution in [1.29, 1.82) is 0 Å². The van der Waals surface area contributed by atoms with Crippen LogP contribution in [0.5, 0.6) is 0 Å². The molecule has 64 valence electrons. The zero-order valence-electron chi connectivity index (χ0n) is 6.83. The number of aromatic nitrogens is 1. The van der Waals surface area contributed by atoms with Crippen molar-refractivity contribution in [2.45, 2.75) is 13.5 Å². The van der Waals surface area contributed by atoms with Crippen molar-refractivity contribution in [3.8, 4) is 0 Å². The van der Waals surface area contributed by atoms with Crippen molar-refractivity contribution in [3.63, 3.8) is 0 Å². The summed E-state index contributed by atoms with van der Waals surface area (Å²) in [5, 5.41) is 2.60. The van der Waals surface area contributed by atoms with E-state index in [0.717, 1.165) is 11.5 Å². The van der Waals surface area contributed by atoms with Crippen LogP contribution in [0.25, 0.3) is 0 Å². The van der Waals surface area contributed by atoms with E-state index in [1.54, 1.807) is 6.92 Å². The first-order chi connectivity index (χ1) is 5.74. The number of carbonyl (C=O) groups is 1. The third-order valence-corrected chi connectivity index (χ3v) is 1.46. The summed E-state index contributed by atoms with van der Waals surface area (Å²) < 4.78 is 4.94. The van der Waals surface area contributed by atoms with Crippen LogP contribution < -0.4 is 5.32 Å². The van der Waals surface area contributed by atoms with Crippen LogP contribution in [0, 0.1) is 6.92 Å². The molecular formula is C8H10N2O2. The van der Waals surface area contributed by atoms with Crippen molar-refractivity contribution in [3.05, 3.63) is 30.5 Å². The van der Waals surface area contributed by atoms with Gasteiger partial charge in [-0.3, -0.25) is 4.79 Å². The Morgan fingerprint density at radius 2 is 2.67 bits per heavy atom. The molecule has 12 heavy (non-hydrogen) atoms. The van der Waals surface area contributed by atoms with Crippen LogP contribution in [0.15, 0.2) is 23.5 Å². The van der Waals surface area contributed by atoms with E-state index in [1.165, 1.54) is 12.5 Å². The molecule has 1 rings (SSSR count). The fourth-order valence-electron chi connectivity index (χ4n) is 0.741. The maximum atomic E-state index is 10.7. The number of nitrogens with one attached hydrogen (secondary N) is 1. The summed E-state index contributed by atoms with van der Waals surface area (Å²) in [5.41, 5.74) is 0.741. The Bertz CT molecular complexity index is 291. The van der Waals surface area contributed by atoms with Gasteiger partial charge < -0.3 is 9.73 Å². The molecule has 0 aliphatic carbocycles. The zero-order chi connectivity index (χ0) is 8.97. The molecule has 1 aromatic heterocycles. The van der Waals surface area contributed by atoms with E-state index in [0.29, 0.717) is 6.54 Å². The lowest BCUT2D eigenvalue weighted by Gasteiger charge is -1.97. The third-order valence-electron chi connectivity index (χ3n) is 1.46. The number of hydrogen-bond acceptors (Lipinski definition) is 3. The SMILES string of the molecule is C=CC(=O)NCc1ncoc1C. The molecule has 0 fully saturated rings. The lowest BCUT2D eigenvalue weighted by Crippen LogP contribution is -2.20. The lowest BCUT2D eigenvalue weighted by molar-refractivity contribution is -0.116. The maximum Gasteiger partial charge on any atom is 0.243 e. The highest BCUT2D eigenvalue weighted by Crippen LogP contribution is 2.02. The summed E-state index contributed by atoms with van der Waals surface area (Å²) in [6, 6.07) is 0. The minimum absolute atomic E-state index is 0.211. The summed E-state index contributed by atoms with van der Waals surface area (Å²) in [5.74, 6) is 0.511. The van der Waals surface area contributed by atoms with Crippen LogP contribution in [0.2, 0.25) is 0 Å². The first-order valence-electron chi connectivity index (χ1n) is 3.53. The van der Waals surface area contributed by atoms with Crippen LogP contribution in [-0.2, 0) is 11.3 Å². The predicted octanol–water partition coefficient (Wildman–Crippen LogP) is 0.785. The Morgan fingerprint density at radius 3 is 3.17 bits per heavy atom. The Labute approximate surface area is 70.3 Å². The molecule has 1 amide bonds. The smallest absolute Gasteiger partial charge is 0.243 e. The molecule has 0 aliphatic heterocycles. The number of rotatable bonds is 3. The van der Waals surface area contributed by atoms with E-state index in [1.807, 2.05) is 0 Å². The fraction of sp³-hybridized carbons (Fsp3) is 0.250. The van der Waals surface area contributed by atoms with E-state index in [2.05, 4.69) is 16.9 Å². The summed E-state index contributed by atoms with van der Waals surface area (Å²) in [6.07, 6.45) is 2.57. The highest BCUT2D eigenvalue weighted by atomic mass is 16.3. The van der Waals surface area contributed by atoms with Crippen molar-refractivity contribution in [2.24, 2.45) is 0 Å². The van der Waals surface area contributed by atoms with Gasteiger partial charge in [0.05, 0.1) is 6.54 Å². The number of carbonyl (C=O) groups excluding carboxylic acids is 1. The summed E-state index contributed by atoms with van der Waals surface area (Å²) in [7, 11) is 0. The standard InChI is InChI=1S/C8H10N2O2/c1-3-8(11)9-4-7-6(2)12-5-10-7/h3,5H,1,4H2,2H3,(H,9,11). The van der Waals surface area contributed by atoms with E-state index in [-0.39, 0.29) is 5.91 Å². The van der Waals surface area contributed by atoms with E-state index < -0.39 is 0 Å². The number of aryl methyl sites for hydroxylation is 1. The van der Waals surface area contributed by atoms with Crippen molar-refractivity contribution in [2.75, 3.05) is 0 Å². The van der Waals surface area contributed by atoms with Crippen molar-refractivity contribution >= 4 is 5.91 Å². The topological polar surface area (TPSA) is 55.1 Å². The quantitative estimate of drug-likeness (QED) is 0.675. The molecule has 0 unspecified atom stereocenters. The van der Waals surface area contributed by atoms with Gasteiger partial charge in [-0.2, -0.15) is 0 Å². The van der Waals surface area contributed by atoms with Crippen molar-refractivity contribution in [1.82, 2.24) is 10.3 Å². The molecule has 0 aromatic carbocycles. The second-order valence-electron chi connectivity index (χ2n) is 2.28. The number of amides is 1. The monoisotopic (exact) mass is 166 g/mol. The molecule has 1 N–H and O–H groups in total.